The maximum atomic E-state index is 12.9. The summed E-state index contributed by atoms with van der Waals surface area (Å²) in [6.45, 7) is 1.80. The predicted octanol–water partition coefficient (Wildman–Crippen LogP) is 1.39. The van der Waals surface area contributed by atoms with Crippen molar-refractivity contribution in [3.63, 3.8) is 0 Å². The highest BCUT2D eigenvalue weighted by Crippen LogP contribution is 2.30. The van der Waals surface area contributed by atoms with Gasteiger partial charge in [-0.05, 0) is 24.3 Å². The van der Waals surface area contributed by atoms with Crippen molar-refractivity contribution < 1.29 is 18.7 Å². The van der Waals surface area contributed by atoms with Crippen LogP contribution in [0.5, 0.6) is 5.88 Å². The molecule has 4 heterocycles. The van der Waals surface area contributed by atoms with E-state index in [1.54, 1.807) is 18.0 Å². The standard InChI is InChI=1S/C20H21FN6O3/c1-29-20-16(3-2-6-22-20)19-17-12-30-11-13(10-27(17)26-25-19)8-24-18(28)7-15-5-4-14(21)9-23-15/h2-6,9,13H,7-8,10-12H2,1H3,(H,24,28)/t13-/m1/s1. The lowest BCUT2D eigenvalue weighted by Crippen LogP contribution is -2.34. The summed E-state index contributed by atoms with van der Waals surface area (Å²) in [4.78, 5) is 20.3. The normalized spacial score (nSPS) is 15.9. The number of aromatic nitrogens is 5. The highest BCUT2D eigenvalue weighted by atomic mass is 19.1. The molecule has 0 fully saturated rings. The van der Waals surface area contributed by atoms with Crippen LogP contribution in [0.2, 0.25) is 0 Å². The minimum Gasteiger partial charge on any atom is -0.481 e. The fourth-order valence-corrected chi connectivity index (χ4v) is 3.30. The van der Waals surface area contributed by atoms with Gasteiger partial charge in [-0.3, -0.25) is 9.78 Å². The van der Waals surface area contributed by atoms with Crippen molar-refractivity contribution in [1.29, 1.82) is 0 Å². The Balaban J connectivity index is 1.40. The number of rotatable bonds is 6. The van der Waals surface area contributed by atoms with Gasteiger partial charge in [0, 0.05) is 30.9 Å². The molecule has 0 saturated carbocycles. The van der Waals surface area contributed by atoms with Crippen LogP contribution >= 0.6 is 0 Å². The number of fused-ring (bicyclic) bond motifs is 1. The van der Waals surface area contributed by atoms with Crippen molar-refractivity contribution in [2.24, 2.45) is 5.92 Å². The van der Waals surface area contributed by atoms with Crippen LogP contribution < -0.4 is 10.1 Å². The number of carbonyl (C=O) groups is 1. The molecular formula is C20H21FN6O3. The van der Waals surface area contributed by atoms with Gasteiger partial charge in [-0.1, -0.05) is 5.21 Å². The Morgan fingerprint density at radius 1 is 1.37 bits per heavy atom. The third-order valence-corrected chi connectivity index (χ3v) is 4.80. The quantitative estimate of drug-likeness (QED) is 0.652. The number of hydrogen-bond donors (Lipinski definition) is 1. The van der Waals surface area contributed by atoms with Gasteiger partial charge in [0.15, 0.2) is 0 Å². The van der Waals surface area contributed by atoms with E-state index in [9.17, 15) is 9.18 Å². The molecule has 0 unspecified atom stereocenters. The molecule has 4 rings (SSSR count). The van der Waals surface area contributed by atoms with Crippen LogP contribution in [0.3, 0.4) is 0 Å². The molecule has 3 aromatic heterocycles. The second-order valence-corrected chi connectivity index (χ2v) is 6.96. The predicted molar refractivity (Wildman–Crippen MR) is 104 cm³/mol. The van der Waals surface area contributed by atoms with Gasteiger partial charge in [0.2, 0.25) is 11.8 Å². The van der Waals surface area contributed by atoms with E-state index in [2.05, 4.69) is 25.6 Å². The number of hydrogen-bond acceptors (Lipinski definition) is 7. The molecule has 10 heteroatoms. The Kier molecular flexibility index (Phi) is 5.94. The van der Waals surface area contributed by atoms with Gasteiger partial charge in [0.1, 0.15) is 11.5 Å². The van der Waals surface area contributed by atoms with Gasteiger partial charge >= 0.3 is 0 Å². The van der Waals surface area contributed by atoms with Crippen LogP contribution in [0.4, 0.5) is 4.39 Å². The molecule has 1 atom stereocenters. The average Bonchev–Trinajstić information content (AvgIpc) is 3.04. The Hall–Kier alpha value is -3.40. The third kappa shape index (κ3) is 4.43. The second kappa shape index (κ2) is 8.95. The molecular weight excluding hydrogens is 391 g/mol. The molecule has 0 saturated heterocycles. The number of amides is 1. The molecule has 156 valence electrons. The fraction of sp³-hybridized carbons (Fsp3) is 0.350. The summed E-state index contributed by atoms with van der Waals surface area (Å²) in [7, 11) is 1.56. The summed E-state index contributed by atoms with van der Waals surface area (Å²) < 4.78 is 25.9. The number of halogens is 1. The molecule has 1 aliphatic heterocycles. The highest BCUT2D eigenvalue weighted by Gasteiger charge is 2.24. The molecule has 3 aromatic rings. The molecule has 0 aliphatic carbocycles. The largest absolute Gasteiger partial charge is 0.481 e. The molecule has 30 heavy (non-hydrogen) atoms. The van der Waals surface area contributed by atoms with Gasteiger partial charge in [0.25, 0.3) is 0 Å². The van der Waals surface area contributed by atoms with Crippen LogP contribution in [-0.2, 0) is 29.1 Å². The molecule has 0 aromatic carbocycles. The van der Waals surface area contributed by atoms with Gasteiger partial charge < -0.3 is 14.8 Å². The van der Waals surface area contributed by atoms with E-state index in [1.807, 2.05) is 12.1 Å². The summed E-state index contributed by atoms with van der Waals surface area (Å²) in [5.74, 6) is -0.107. The minimum atomic E-state index is -0.429. The Bertz CT molecular complexity index is 1020. The second-order valence-electron chi connectivity index (χ2n) is 6.96. The SMILES string of the molecule is COc1ncccc1-c1nnn2c1COC[C@H](CNC(=O)Cc1ccc(F)cn1)C2. The zero-order valence-electron chi connectivity index (χ0n) is 16.4. The molecule has 1 amide bonds. The fourth-order valence-electron chi connectivity index (χ4n) is 3.30. The summed E-state index contributed by atoms with van der Waals surface area (Å²) in [5, 5.41) is 11.5. The summed E-state index contributed by atoms with van der Waals surface area (Å²) in [6.07, 6.45) is 2.84. The lowest BCUT2D eigenvalue weighted by molar-refractivity contribution is -0.120. The van der Waals surface area contributed by atoms with Crippen LogP contribution in [-0.4, -0.2) is 51.1 Å². The monoisotopic (exact) mass is 412 g/mol. The molecule has 0 spiro atoms. The third-order valence-electron chi connectivity index (χ3n) is 4.80. The van der Waals surface area contributed by atoms with Crippen LogP contribution in [0.1, 0.15) is 11.4 Å². The number of pyridine rings is 2. The first-order valence-corrected chi connectivity index (χ1v) is 9.50. The zero-order valence-corrected chi connectivity index (χ0v) is 16.4. The molecule has 1 N–H and O–H groups in total. The van der Waals surface area contributed by atoms with Crippen molar-refractivity contribution in [2.75, 3.05) is 20.3 Å². The highest BCUT2D eigenvalue weighted by molar-refractivity contribution is 5.78. The number of ether oxygens (including phenoxy) is 2. The van der Waals surface area contributed by atoms with Gasteiger partial charge in [0.05, 0.1) is 44.2 Å². The molecule has 9 nitrogen and oxygen atoms in total. The number of methoxy groups -OCH3 is 1. The number of nitrogens with one attached hydrogen (secondary N) is 1. The number of nitrogens with zero attached hydrogens (tertiary/aromatic N) is 5. The van der Waals surface area contributed by atoms with E-state index in [-0.39, 0.29) is 18.2 Å². The Morgan fingerprint density at radius 3 is 3.07 bits per heavy atom. The topological polar surface area (TPSA) is 104 Å². The van der Waals surface area contributed by atoms with Crippen LogP contribution in [0.25, 0.3) is 11.3 Å². The molecule has 1 aliphatic rings. The van der Waals surface area contributed by atoms with Crippen molar-refractivity contribution in [3.05, 3.63) is 53.9 Å². The van der Waals surface area contributed by atoms with E-state index >= 15 is 0 Å². The number of carbonyl (C=O) groups excluding carboxylic acids is 1. The first-order valence-electron chi connectivity index (χ1n) is 9.50. The maximum absolute atomic E-state index is 12.9. The summed E-state index contributed by atoms with van der Waals surface area (Å²) >= 11 is 0. The molecule has 0 radical (unpaired) electrons. The Morgan fingerprint density at radius 2 is 2.27 bits per heavy atom. The van der Waals surface area contributed by atoms with Gasteiger partial charge in [-0.2, -0.15) is 0 Å². The minimum absolute atomic E-state index is 0.0294. The van der Waals surface area contributed by atoms with E-state index < -0.39 is 5.82 Å². The summed E-state index contributed by atoms with van der Waals surface area (Å²) in [5.41, 5.74) is 2.78. The smallest absolute Gasteiger partial charge is 0.226 e. The lowest BCUT2D eigenvalue weighted by Gasteiger charge is -2.14. The van der Waals surface area contributed by atoms with E-state index in [4.69, 9.17) is 9.47 Å². The average molecular weight is 412 g/mol. The van der Waals surface area contributed by atoms with Gasteiger partial charge in [-0.25, -0.2) is 14.1 Å². The van der Waals surface area contributed by atoms with E-state index in [0.29, 0.717) is 43.6 Å². The van der Waals surface area contributed by atoms with Crippen LogP contribution in [0, 0.1) is 11.7 Å². The Labute approximate surface area is 172 Å². The molecule has 0 bridgehead atoms. The van der Waals surface area contributed by atoms with Crippen molar-refractivity contribution in [2.45, 2.75) is 19.6 Å². The van der Waals surface area contributed by atoms with Crippen molar-refractivity contribution in [1.82, 2.24) is 30.3 Å². The van der Waals surface area contributed by atoms with E-state index in [0.717, 1.165) is 17.5 Å². The first kappa shape index (κ1) is 19.9. The van der Waals surface area contributed by atoms with Gasteiger partial charge in [-0.15, -0.1) is 5.10 Å². The van der Waals surface area contributed by atoms with Crippen molar-refractivity contribution >= 4 is 5.91 Å². The van der Waals surface area contributed by atoms with E-state index in [1.165, 1.54) is 12.1 Å². The zero-order chi connectivity index (χ0) is 20.9. The van der Waals surface area contributed by atoms with Crippen LogP contribution in [0.15, 0.2) is 36.7 Å². The van der Waals surface area contributed by atoms with Crippen molar-refractivity contribution in [3.8, 4) is 17.1 Å². The maximum Gasteiger partial charge on any atom is 0.226 e. The lowest BCUT2D eigenvalue weighted by atomic mass is 10.1. The summed E-state index contributed by atoms with van der Waals surface area (Å²) in [6, 6.07) is 6.48. The first-order chi connectivity index (χ1) is 14.6.